The second kappa shape index (κ2) is 10.5. The Morgan fingerprint density at radius 3 is 2.22 bits per heavy atom. The van der Waals surface area contributed by atoms with Crippen LogP contribution in [0.25, 0.3) is 0 Å². The highest BCUT2D eigenvalue weighted by atomic mass is 16.5. The molecule has 7 heteroatoms. The molecule has 0 bridgehead atoms. The average molecular weight is 492 g/mol. The Morgan fingerprint density at radius 1 is 0.944 bits per heavy atom. The maximum Gasteiger partial charge on any atom is 0.336 e. The summed E-state index contributed by atoms with van der Waals surface area (Å²) < 4.78 is 22.0. The Hall–Kier alpha value is -3.74. The highest BCUT2D eigenvalue weighted by molar-refractivity contribution is 5.96. The summed E-state index contributed by atoms with van der Waals surface area (Å²) in [5, 5.41) is 3.36. The van der Waals surface area contributed by atoms with Crippen LogP contribution in [0.1, 0.15) is 50.2 Å². The number of carbonyl (C=O) groups is 2. The van der Waals surface area contributed by atoms with Crippen LogP contribution in [0.3, 0.4) is 0 Å². The second-order valence-corrected chi connectivity index (χ2v) is 9.35. The molecular formula is C29H33NO6. The van der Waals surface area contributed by atoms with Crippen molar-refractivity contribution >= 4 is 11.8 Å². The summed E-state index contributed by atoms with van der Waals surface area (Å²) in [6.07, 6.45) is 2.13. The van der Waals surface area contributed by atoms with Gasteiger partial charge in [0.2, 0.25) is 0 Å². The van der Waals surface area contributed by atoms with Gasteiger partial charge in [0.1, 0.15) is 23.0 Å². The number of hydrogen-bond donors (Lipinski definition) is 1. The summed E-state index contributed by atoms with van der Waals surface area (Å²) in [6, 6.07) is 13.2. The number of methoxy groups -OCH3 is 3. The summed E-state index contributed by atoms with van der Waals surface area (Å²) in [4.78, 5) is 27.1. The van der Waals surface area contributed by atoms with Gasteiger partial charge in [0.05, 0.1) is 38.9 Å². The first kappa shape index (κ1) is 25.4. The van der Waals surface area contributed by atoms with Crippen LogP contribution >= 0.6 is 0 Å². The number of carbonyl (C=O) groups excluding carboxylic acids is 2. The van der Waals surface area contributed by atoms with Gasteiger partial charge in [-0.05, 0) is 44.5 Å². The Balaban J connectivity index is 1.84. The first-order chi connectivity index (χ1) is 17.3. The van der Waals surface area contributed by atoms with Crippen molar-refractivity contribution in [3.05, 3.63) is 76.6 Å². The highest BCUT2D eigenvalue weighted by Gasteiger charge is 2.46. The Bertz CT molecular complexity index is 1210. The van der Waals surface area contributed by atoms with Gasteiger partial charge in [-0.2, -0.15) is 0 Å². The minimum absolute atomic E-state index is 0.0473. The molecule has 1 N–H and O–H groups in total. The maximum atomic E-state index is 13.8. The van der Waals surface area contributed by atoms with E-state index in [9.17, 15) is 9.59 Å². The van der Waals surface area contributed by atoms with Crippen molar-refractivity contribution in [2.45, 2.75) is 45.1 Å². The lowest BCUT2D eigenvalue weighted by atomic mass is 9.68. The Morgan fingerprint density at radius 2 is 1.61 bits per heavy atom. The largest absolute Gasteiger partial charge is 0.497 e. The van der Waals surface area contributed by atoms with Gasteiger partial charge in [0.25, 0.3) is 0 Å². The smallest absolute Gasteiger partial charge is 0.336 e. The van der Waals surface area contributed by atoms with Gasteiger partial charge in [-0.3, -0.25) is 4.79 Å². The minimum atomic E-state index is -0.569. The van der Waals surface area contributed by atoms with E-state index in [-0.39, 0.29) is 17.8 Å². The number of fused-ring (bicyclic) bond motifs is 1. The van der Waals surface area contributed by atoms with E-state index in [1.54, 1.807) is 27.4 Å². The predicted octanol–water partition coefficient (Wildman–Crippen LogP) is 4.88. The number of nitrogens with one attached hydrogen (secondary N) is 1. The molecule has 3 unspecified atom stereocenters. The zero-order valence-electron chi connectivity index (χ0n) is 21.6. The lowest BCUT2D eigenvalue weighted by molar-refractivity contribution is -0.143. The molecule has 0 fully saturated rings. The van der Waals surface area contributed by atoms with Crippen molar-refractivity contribution in [1.82, 2.24) is 5.32 Å². The van der Waals surface area contributed by atoms with Gasteiger partial charge < -0.3 is 24.3 Å². The molecule has 0 amide bonds. The molecule has 1 aliphatic carbocycles. The van der Waals surface area contributed by atoms with Crippen LogP contribution in [0.2, 0.25) is 0 Å². The number of hydrogen-bond acceptors (Lipinski definition) is 7. The van der Waals surface area contributed by atoms with E-state index < -0.39 is 17.8 Å². The number of Topliss-reactive ketones (excluding diaryl/α,β-unsaturated/α-hetero) is 1. The minimum Gasteiger partial charge on any atom is -0.497 e. The van der Waals surface area contributed by atoms with Crippen molar-refractivity contribution in [2.24, 2.45) is 5.92 Å². The van der Waals surface area contributed by atoms with Crippen LogP contribution < -0.4 is 19.5 Å². The fraction of sp³-hybridized carbons (Fsp3) is 0.379. The third-order valence-electron chi connectivity index (χ3n) is 6.75. The topological polar surface area (TPSA) is 83.1 Å². The zero-order valence-corrected chi connectivity index (χ0v) is 21.6. The number of rotatable bonds is 7. The molecule has 0 saturated heterocycles. The lowest BCUT2D eigenvalue weighted by Gasteiger charge is -2.40. The van der Waals surface area contributed by atoms with Crippen molar-refractivity contribution in [2.75, 3.05) is 21.3 Å². The van der Waals surface area contributed by atoms with Crippen LogP contribution in [0, 0.1) is 5.92 Å². The molecule has 2 aliphatic rings. The molecule has 0 radical (unpaired) electrons. The summed E-state index contributed by atoms with van der Waals surface area (Å²) in [5.41, 5.74) is 3.65. The van der Waals surface area contributed by atoms with Gasteiger partial charge in [-0.15, -0.1) is 0 Å². The van der Waals surface area contributed by atoms with E-state index in [0.717, 1.165) is 22.6 Å². The first-order valence-electron chi connectivity index (χ1n) is 12.1. The van der Waals surface area contributed by atoms with Gasteiger partial charge in [0, 0.05) is 41.3 Å². The van der Waals surface area contributed by atoms with Crippen molar-refractivity contribution < 1.29 is 28.5 Å². The SMILES string of the molecule is COc1ccc(C2C=C3NC(C)=C(C(=O)OC(C)C)C(c4ccc(OC)cc4OC)C3C(=O)C2)cc1. The monoisotopic (exact) mass is 491 g/mol. The molecular weight excluding hydrogens is 458 g/mol. The summed E-state index contributed by atoms with van der Waals surface area (Å²) in [7, 11) is 4.78. The molecule has 0 aromatic heterocycles. The summed E-state index contributed by atoms with van der Waals surface area (Å²) in [6.45, 7) is 5.46. The molecule has 1 heterocycles. The molecule has 2 aromatic rings. The molecule has 3 atom stereocenters. The number of ether oxygens (including phenoxy) is 4. The van der Waals surface area contributed by atoms with E-state index in [4.69, 9.17) is 18.9 Å². The van der Waals surface area contributed by atoms with Gasteiger partial charge in [-0.1, -0.05) is 24.3 Å². The molecule has 4 rings (SSSR count). The number of allylic oxidation sites excluding steroid dienone is 3. The molecule has 1 aliphatic heterocycles. The Kier molecular flexibility index (Phi) is 7.38. The average Bonchev–Trinajstić information content (AvgIpc) is 2.86. The number of benzene rings is 2. The summed E-state index contributed by atoms with van der Waals surface area (Å²) >= 11 is 0. The lowest BCUT2D eigenvalue weighted by Crippen LogP contribution is -2.42. The van der Waals surface area contributed by atoms with Crippen LogP contribution in [0.15, 0.2) is 65.5 Å². The molecule has 190 valence electrons. The third kappa shape index (κ3) is 4.83. The molecule has 36 heavy (non-hydrogen) atoms. The molecule has 7 nitrogen and oxygen atoms in total. The normalized spacial score (nSPS) is 21.4. The quantitative estimate of drug-likeness (QED) is 0.553. The zero-order chi connectivity index (χ0) is 26.0. The van der Waals surface area contributed by atoms with Crippen LogP contribution in [0.4, 0.5) is 0 Å². The fourth-order valence-corrected chi connectivity index (χ4v) is 5.10. The maximum absolute atomic E-state index is 13.8. The molecule has 0 saturated carbocycles. The van der Waals surface area contributed by atoms with Crippen LogP contribution in [-0.4, -0.2) is 39.2 Å². The van der Waals surface area contributed by atoms with Crippen LogP contribution in [-0.2, 0) is 14.3 Å². The van der Waals surface area contributed by atoms with E-state index >= 15 is 0 Å². The van der Waals surface area contributed by atoms with Crippen molar-refractivity contribution in [3.8, 4) is 17.2 Å². The first-order valence-corrected chi connectivity index (χ1v) is 12.1. The second-order valence-electron chi connectivity index (χ2n) is 9.35. The van der Waals surface area contributed by atoms with Gasteiger partial charge >= 0.3 is 5.97 Å². The van der Waals surface area contributed by atoms with Gasteiger partial charge in [-0.25, -0.2) is 4.79 Å². The highest BCUT2D eigenvalue weighted by Crippen LogP contribution is 2.49. The number of esters is 1. The van der Waals surface area contributed by atoms with Crippen molar-refractivity contribution in [3.63, 3.8) is 0 Å². The Labute approximate surface area is 212 Å². The van der Waals surface area contributed by atoms with E-state index in [1.165, 1.54) is 0 Å². The molecule has 0 spiro atoms. The fourth-order valence-electron chi connectivity index (χ4n) is 5.10. The molecule has 2 aromatic carbocycles. The van der Waals surface area contributed by atoms with Crippen LogP contribution in [0.5, 0.6) is 17.2 Å². The van der Waals surface area contributed by atoms with Gasteiger partial charge in [0.15, 0.2) is 0 Å². The van der Waals surface area contributed by atoms with E-state index in [0.29, 0.717) is 29.2 Å². The predicted molar refractivity (Wildman–Crippen MR) is 136 cm³/mol. The van der Waals surface area contributed by atoms with E-state index in [1.807, 2.05) is 57.2 Å². The standard InChI is InChI=1S/C29H33NO6/c1-16(2)36-29(32)26-17(3)30-23-13-19(18-7-9-20(33-4)10-8-18)14-24(31)28(23)27(26)22-12-11-21(34-5)15-25(22)35-6/h7-13,15-16,19,27-28,30H,14H2,1-6H3. The van der Waals surface area contributed by atoms with E-state index in [2.05, 4.69) is 11.4 Å². The van der Waals surface area contributed by atoms with Crippen molar-refractivity contribution in [1.29, 1.82) is 0 Å². The summed E-state index contributed by atoms with van der Waals surface area (Å²) in [5.74, 6) is 0.329. The number of ketones is 1. The third-order valence-corrected chi connectivity index (χ3v) is 6.75.